The lowest BCUT2D eigenvalue weighted by Crippen LogP contribution is -2.34. The minimum Gasteiger partial charge on any atom is -0.367 e. The van der Waals surface area contributed by atoms with Crippen LogP contribution in [0.4, 0.5) is 0 Å². The molecule has 1 aliphatic heterocycles. The van der Waals surface area contributed by atoms with E-state index in [-0.39, 0.29) is 6.54 Å². The SMILES string of the molecule is CC1CN(CCC(O)(P(=O)(O)O)P(=O)(O)O)CC1C. The molecule has 0 saturated carbocycles. The summed E-state index contributed by atoms with van der Waals surface area (Å²) in [5, 5.41) is 6.43. The molecule has 0 spiro atoms. The van der Waals surface area contributed by atoms with Crippen LogP contribution in [0.5, 0.6) is 0 Å². The fourth-order valence-corrected chi connectivity index (χ4v) is 4.34. The van der Waals surface area contributed by atoms with Gasteiger partial charge in [0.05, 0.1) is 0 Å². The highest BCUT2D eigenvalue weighted by atomic mass is 31.2. The zero-order chi connectivity index (χ0) is 15.1. The van der Waals surface area contributed by atoms with Gasteiger partial charge >= 0.3 is 15.2 Å². The van der Waals surface area contributed by atoms with E-state index in [1.165, 1.54) is 0 Å². The second kappa shape index (κ2) is 5.54. The van der Waals surface area contributed by atoms with Gasteiger partial charge in [-0.2, -0.15) is 0 Å². The Balaban J connectivity index is 2.77. The van der Waals surface area contributed by atoms with Crippen LogP contribution in [0, 0.1) is 11.8 Å². The Kier molecular flexibility index (Phi) is 5.04. The highest BCUT2D eigenvalue weighted by Gasteiger charge is 2.59. The summed E-state index contributed by atoms with van der Waals surface area (Å²) in [4.78, 5) is 37.8. The van der Waals surface area contributed by atoms with Gasteiger partial charge in [-0.15, -0.1) is 0 Å². The van der Waals surface area contributed by atoms with Crippen LogP contribution in [0.1, 0.15) is 20.3 Å². The molecular weight excluding hydrogens is 296 g/mol. The average molecular weight is 317 g/mol. The molecule has 0 aromatic rings. The Hall–Kier alpha value is 0.220. The molecule has 114 valence electrons. The number of likely N-dealkylation sites (tertiary alicyclic amines) is 1. The molecule has 5 N–H and O–H groups in total. The van der Waals surface area contributed by atoms with Gasteiger partial charge in [0.2, 0.25) is 0 Å². The lowest BCUT2D eigenvalue weighted by atomic mass is 10.0. The summed E-state index contributed by atoms with van der Waals surface area (Å²) < 4.78 is 22.3. The zero-order valence-electron chi connectivity index (χ0n) is 10.9. The van der Waals surface area contributed by atoms with E-state index in [4.69, 9.17) is 19.6 Å². The van der Waals surface area contributed by atoms with Crippen molar-refractivity contribution < 1.29 is 33.8 Å². The first kappa shape index (κ1) is 17.3. The Bertz CT molecular complexity index is 385. The Morgan fingerprint density at radius 1 is 1.05 bits per heavy atom. The molecule has 19 heavy (non-hydrogen) atoms. The Morgan fingerprint density at radius 2 is 1.42 bits per heavy atom. The van der Waals surface area contributed by atoms with Crippen molar-refractivity contribution in [2.24, 2.45) is 11.8 Å². The molecule has 1 heterocycles. The largest absolute Gasteiger partial charge is 0.369 e. The summed E-state index contributed by atoms with van der Waals surface area (Å²) in [6.07, 6.45) is -0.666. The topological polar surface area (TPSA) is 139 Å². The van der Waals surface area contributed by atoms with Crippen molar-refractivity contribution in [1.29, 1.82) is 0 Å². The van der Waals surface area contributed by atoms with E-state index in [1.807, 2.05) is 18.7 Å². The Labute approximate surface area is 111 Å². The molecule has 0 amide bonds. The van der Waals surface area contributed by atoms with Crippen molar-refractivity contribution in [3.8, 4) is 0 Å². The molecule has 0 radical (unpaired) electrons. The number of rotatable bonds is 5. The minimum atomic E-state index is -5.33. The van der Waals surface area contributed by atoms with Crippen LogP contribution in [0.15, 0.2) is 0 Å². The molecule has 8 nitrogen and oxygen atoms in total. The molecule has 2 atom stereocenters. The van der Waals surface area contributed by atoms with Crippen LogP contribution in [0.2, 0.25) is 0 Å². The van der Waals surface area contributed by atoms with Crippen LogP contribution in [-0.2, 0) is 9.13 Å². The third-order valence-corrected chi connectivity index (χ3v) is 7.64. The molecule has 10 heteroatoms. The first-order valence-electron chi connectivity index (χ1n) is 5.94. The van der Waals surface area contributed by atoms with Gasteiger partial charge in [0.1, 0.15) is 0 Å². The second-order valence-electron chi connectivity index (χ2n) is 5.33. The Morgan fingerprint density at radius 3 is 1.74 bits per heavy atom. The van der Waals surface area contributed by atoms with Crippen molar-refractivity contribution in [2.45, 2.75) is 25.4 Å². The minimum absolute atomic E-state index is 0.0292. The first-order valence-corrected chi connectivity index (χ1v) is 9.17. The fourth-order valence-electron chi connectivity index (χ4n) is 2.20. The van der Waals surface area contributed by atoms with Gasteiger partial charge in [-0.1, -0.05) is 13.8 Å². The zero-order valence-corrected chi connectivity index (χ0v) is 12.7. The fraction of sp³-hybridized carbons (Fsp3) is 1.00. The van der Waals surface area contributed by atoms with Gasteiger partial charge in [0.25, 0.3) is 5.08 Å². The van der Waals surface area contributed by atoms with E-state index in [9.17, 15) is 14.2 Å². The third kappa shape index (κ3) is 3.65. The standard InChI is InChI=1S/C9H21NO7P2/c1-7-5-10(6-8(7)2)4-3-9(11,18(12,13)14)19(15,16)17/h7-8,11H,3-6H2,1-2H3,(H2,12,13,14)(H2,15,16,17). The van der Waals surface area contributed by atoms with Gasteiger partial charge in [-0.3, -0.25) is 9.13 Å². The van der Waals surface area contributed by atoms with Crippen LogP contribution in [0.25, 0.3) is 0 Å². The summed E-state index contributed by atoms with van der Waals surface area (Å²) in [6, 6.07) is 0. The van der Waals surface area contributed by atoms with Crippen molar-refractivity contribution in [2.75, 3.05) is 19.6 Å². The van der Waals surface area contributed by atoms with Crippen molar-refractivity contribution in [3.05, 3.63) is 0 Å². The highest BCUT2D eigenvalue weighted by Crippen LogP contribution is 2.68. The van der Waals surface area contributed by atoms with E-state index in [0.29, 0.717) is 24.9 Å². The molecule has 1 aliphatic rings. The molecule has 2 unspecified atom stereocenters. The van der Waals surface area contributed by atoms with E-state index in [2.05, 4.69) is 0 Å². The quantitative estimate of drug-likeness (QED) is 0.445. The monoisotopic (exact) mass is 317 g/mol. The van der Waals surface area contributed by atoms with Gasteiger partial charge in [0, 0.05) is 26.1 Å². The number of nitrogens with zero attached hydrogens (tertiary/aromatic N) is 1. The smallest absolute Gasteiger partial charge is 0.367 e. The van der Waals surface area contributed by atoms with Crippen LogP contribution in [0.3, 0.4) is 0 Å². The van der Waals surface area contributed by atoms with Crippen molar-refractivity contribution in [3.63, 3.8) is 0 Å². The second-order valence-corrected chi connectivity index (χ2v) is 9.34. The summed E-state index contributed by atoms with van der Waals surface area (Å²) >= 11 is 0. The lowest BCUT2D eigenvalue weighted by Gasteiger charge is -2.30. The molecule has 0 aromatic heterocycles. The van der Waals surface area contributed by atoms with Gasteiger partial charge < -0.3 is 29.6 Å². The molecular formula is C9H21NO7P2. The molecule has 0 aliphatic carbocycles. The maximum absolute atomic E-state index is 11.2. The first-order chi connectivity index (χ1) is 8.38. The van der Waals surface area contributed by atoms with E-state index in [0.717, 1.165) is 0 Å². The summed E-state index contributed by atoms with van der Waals surface area (Å²) in [7, 11) is -10.7. The van der Waals surface area contributed by atoms with Crippen LogP contribution in [-0.4, -0.2) is 54.3 Å². The molecule has 1 saturated heterocycles. The summed E-state index contributed by atoms with van der Waals surface area (Å²) in [6.45, 7) is 5.45. The highest BCUT2D eigenvalue weighted by molar-refractivity contribution is 7.72. The summed E-state index contributed by atoms with van der Waals surface area (Å²) in [5.41, 5.74) is 0. The van der Waals surface area contributed by atoms with E-state index >= 15 is 0 Å². The lowest BCUT2D eigenvalue weighted by molar-refractivity contribution is 0.111. The molecule has 0 bridgehead atoms. The normalized spacial score (nSPS) is 26.9. The predicted octanol–water partition coefficient (Wildman–Crippen LogP) is -0.0342. The molecule has 1 rings (SSSR count). The van der Waals surface area contributed by atoms with Crippen LogP contribution >= 0.6 is 15.2 Å². The average Bonchev–Trinajstić information content (AvgIpc) is 2.51. The predicted molar refractivity (Wildman–Crippen MR) is 68.4 cm³/mol. The molecule has 1 fully saturated rings. The number of aliphatic hydroxyl groups is 1. The van der Waals surface area contributed by atoms with E-state index in [1.54, 1.807) is 0 Å². The van der Waals surface area contributed by atoms with Crippen LogP contribution < -0.4 is 0 Å². The third-order valence-electron chi connectivity index (χ3n) is 3.76. The van der Waals surface area contributed by atoms with Gasteiger partial charge in [-0.25, -0.2) is 0 Å². The van der Waals surface area contributed by atoms with E-state index < -0.39 is 26.7 Å². The number of hydrogen-bond acceptors (Lipinski definition) is 4. The molecule has 0 aromatic carbocycles. The van der Waals surface area contributed by atoms with Gasteiger partial charge in [-0.05, 0) is 11.8 Å². The summed E-state index contributed by atoms with van der Waals surface area (Å²) in [5.74, 6) is 0.802. The van der Waals surface area contributed by atoms with Gasteiger partial charge in [0.15, 0.2) is 0 Å². The van der Waals surface area contributed by atoms with Crippen molar-refractivity contribution in [1.82, 2.24) is 4.90 Å². The number of hydrogen-bond donors (Lipinski definition) is 5. The van der Waals surface area contributed by atoms with Crippen molar-refractivity contribution >= 4 is 15.2 Å². The maximum atomic E-state index is 11.2. The maximum Gasteiger partial charge on any atom is 0.369 e.